The highest BCUT2D eigenvalue weighted by molar-refractivity contribution is 6.16. The smallest absolute Gasteiger partial charge is 0.136 e. The van der Waals surface area contributed by atoms with Crippen LogP contribution >= 0.6 is 0 Å². The summed E-state index contributed by atoms with van der Waals surface area (Å²) >= 11 is 0. The third-order valence-corrected chi connectivity index (χ3v) is 15.2. The summed E-state index contributed by atoms with van der Waals surface area (Å²) in [6.07, 6.45) is 0. The third kappa shape index (κ3) is 5.40. The zero-order valence-corrected chi connectivity index (χ0v) is 38.1. The van der Waals surface area contributed by atoms with Crippen molar-refractivity contribution in [3.05, 3.63) is 277 Å². The fourth-order valence-electron chi connectivity index (χ4n) is 12.4. The van der Waals surface area contributed by atoms with Crippen molar-refractivity contribution in [1.82, 2.24) is 4.57 Å². The number of aromatic nitrogens is 1. The Hall–Kier alpha value is -9.18. The number of nitrogens with zero attached hydrogens (tertiary/aromatic N) is 2. The molecule has 2 aliphatic carbocycles. The Labute approximate surface area is 405 Å². The van der Waals surface area contributed by atoms with Crippen LogP contribution in [0.25, 0.3) is 93.9 Å². The molecule has 0 aliphatic heterocycles. The zero-order valence-electron chi connectivity index (χ0n) is 38.1. The van der Waals surface area contributed by atoms with Crippen molar-refractivity contribution in [3.8, 4) is 50.2 Å². The molecule has 11 aromatic carbocycles. The van der Waals surface area contributed by atoms with Crippen molar-refractivity contribution >= 4 is 60.8 Å². The van der Waals surface area contributed by atoms with Crippen LogP contribution in [-0.4, -0.2) is 4.57 Å². The summed E-state index contributed by atoms with van der Waals surface area (Å²) in [5.41, 5.74) is 23.2. The van der Waals surface area contributed by atoms with Crippen molar-refractivity contribution in [2.75, 3.05) is 4.90 Å². The van der Waals surface area contributed by atoms with E-state index in [9.17, 15) is 0 Å². The van der Waals surface area contributed by atoms with E-state index in [1.165, 1.54) is 77.4 Å². The lowest BCUT2D eigenvalue weighted by molar-refractivity contribution is 0.669. The van der Waals surface area contributed by atoms with Gasteiger partial charge in [-0.05, 0) is 134 Å². The molecule has 70 heavy (non-hydrogen) atoms. The predicted molar refractivity (Wildman–Crippen MR) is 290 cm³/mol. The number of furan rings is 1. The summed E-state index contributed by atoms with van der Waals surface area (Å²) < 4.78 is 8.74. The van der Waals surface area contributed by atoms with Gasteiger partial charge in [-0.3, -0.25) is 0 Å². The van der Waals surface area contributed by atoms with E-state index in [-0.39, 0.29) is 0 Å². The maximum Gasteiger partial charge on any atom is 0.136 e. The van der Waals surface area contributed by atoms with E-state index in [0.717, 1.165) is 55.8 Å². The standard InChI is InChI=1S/C67H42N2O/c1-2-16-46(17-3-1)69-60-28-12-7-22-55(60)65-49(23-14-29-61(65)69)44-34-39-48(40-35-44)68(47-37-32-43(33-38-47)45-36-41-53-52-20-8-13-31-63(52)70-64(53)42-45)62-30-15-27-59-66(62)54-21-6-11-26-58(54)67(59)56-24-9-4-18-50(56)51-19-5-10-25-57(51)67/h1-42H. The van der Waals surface area contributed by atoms with E-state index in [4.69, 9.17) is 4.42 Å². The van der Waals surface area contributed by atoms with Crippen molar-refractivity contribution in [2.45, 2.75) is 5.41 Å². The second-order valence-electron chi connectivity index (χ2n) is 18.7. The number of hydrogen-bond acceptors (Lipinski definition) is 2. The molecule has 0 bridgehead atoms. The first-order valence-electron chi connectivity index (χ1n) is 24.2. The minimum absolute atomic E-state index is 0.457. The molecule has 0 N–H and O–H groups in total. The first-order valence-corrected chi connectivity index (χ1v) is 24.2. The van der Waals surface area contributed by atoms with Gasteiger partial charge in [-0.2, -0.15) is 0 Å². The van der Waals surface area contributed by atoms with Gasteiger partial charge in [0, 0.05) is 44.2 Å². The summed E-state index contributed by atoms with van der Waals surface area (Å²) in [5, 5.41) is 4.76. The Morgan fingerprint density at radius 3 is 1.61 bits per heavy atom. The molecule has 2 aromatic heterocycles. The lowest BCUT2D eigenvalue weighted by Gasteiger charge is -2.32. The largest absolute Gasteiger partial charge is 0.456 e. The Morgan fingerprint density at radius 1 is 0.343 bits per heavy atom. The number of hydrogen-bond donors (Lipinski definition) is 0. The van der Waals surface area contributed by atoms with Crippen LogP contribution in [0.1, 0.15) is 22.3 Å². The highest BCUT2D eigenvalue weighted by Crippen LogP contribution is 2.64. The second kappa shape index (κ2) is 14.9. The molecule has 2 heterocycles. The fourth-order valence-corrected chi connectivity index (χ4v) is 12.4. The van der Waals surface area contributed by atoms with Gasteiger partial charge in [0.25, 0.3) is 0 Å². The van der Waals surface area contributed by atoms with Crippen molar-refractivity contribution < 1.29 is 4.42 Å². The van der Waals surface area contributed by atoms with E-state index in [0.29, 0.717) is 0 Å². The molecule has 0 saturated carbocycles. The topological polar surface area (TPSA) is 21.3 Å². The quantitative estimate of drug-likeness (QED) is 0.166. The molecule has 0 unspecified atom stereocenters. The van der Waals surface area contributed by atoms with E-state index in [1.807, 2.05) is 12.1 Å². The van der Waals surface area contributed by atoms with Crippen molar-refractivity contribution in [2.24, 2.45) is 0 Å². The van der Waals surface area contributed by atoms with Crippen LogP contribution in [0.2, 0.25) is 0 Å². The molecule has 1 spiro atoms. The second-order valence-corrected chi connectivity index (χ2v) is 18.7. The number of benzene rings is 11. The first-order chi connectivity index (χ1) is 34.7. The Bertz CT molecular complexity index is 4190. The summed E-state index contributed by atoms with van der Waals surface area (Å²) in [6, 6.07) is 93.5. The van der Waals surface area contributed by atoms with Gasteiger partial charge < -0.3 is 13.9 Å². The molecular formula is C67H42N2O. The van der Waals surface area contributed by atoms with Gasteiger partial charge in [0.1, 0.15) is 11.2 Å². The summed E-state index contributed by atoms with van der Waals surface area (Å²) in [6.45, 7) is 0. The molecule has 3 heteroatoms. The number of anilines is 3. The van der Waals surface area contributed by atoms with E-state index in [2.05, 4.69) is 252 Å². The van der Waals surface area contributed by atoms with Gasteiger partial charge in [-0.25, -0.2) is 0 Å². The predicted octanol–water partition coefficient (Wildman–Crippen LogP) is 17.8. The normalized spacial score (nSPS) is 13.0. The minimum Gasteiger partial charge on any atom is -0.456 e. The molecule has 13 aromatic rings. The molecule has 0 atom stereocenters. The maximum atomic E-state index is 6.35. The average Bonchev–Trinajstić information content (AvgIpc) is 4.16. The van der Waals surface area contributed by atoms with Crippen LogP contribution in [0.3, 0.4) is 0 Å². The summed E-state index contributed by atoms with van der Waals surface area (Å²) in [7, 11) is 0. The molecule has 0 radical (unpaired) electrons. The Balaban J connectivity index is 0.921. The number of para-hydroxylation sites is 3. The van der Waals surface area contributed by atoms with Crippen LogP contribution in [-0.2, 0) is 5.41 Å². The van der Waals surface area contributed by atoms with Gasteiger partial charge in [0.2, 0.25) is 0 Å². The van der Waals surface area contributed by atoms with Gasteiger partial charge in [-0.15, -0.1) is 0 Å². The third-order valence-electron chi connectivity index (χ3n) is 15.2. The Morgan fingerprint density at radius 2 is 0.871 bits per heavy atom. The zero-order chi connectivity index (χ0) is 45.9. The van der Waals surface area contributed by atoms with Crippen LogP contribution in [0.4, 0.5) is 17.1 Å². The molecule has 0 saturated heterocycles. The Kier molecular flexibility index (Phi) is 8.28. The van der Waals surface area contributed by atoms with Gasteiger partial charge in [-0.1, -0.05) is 182 Å². The maximum absolute atomic E-state index is 6.35. The lowest BCUT2D eigenvalue weighted by atomic mass is 9.70. The van der Waals surface area contributed by atoms with Crippen LogP contribution in [0.15, 0.2) is 259 Å². The van der Waals surface area contributed by atoms with E-state index in [1.54, 1.807) is 0 Å². The summed E-state index contributed by atoms with van der Waals surface area (Å²) in [4.78, 5) is 2.47. The molecule has 15 rings (SSSR count). The van der Waals surface area contributed by atoms with Crippen molar-refractivity contribution in [1.29, 1.82) is 0 Å². The van der Waals surface area contributed by atoms with Crippen molar-refractivity contribution in [3.63, 3.8) is 0 Å². The lowest BCUT2D eigenvalue weighted by Crippen LogP contribution is -2.26. The highest BCUT2D eigenvalue weighted by Gasteiger charge is 2.52. The van der Waals surface area contributed by atoms with Crippen LogP contribution in [0, 0.1) is 0 Å². The van der Waals surface area contributed by atoms with Gasteiger partial charge in [0.15, 0.2) is 0 Å². The fraction of sp³-hybridized carbons (Fsp3) is 0.0149. The molecular weight excluding hydrogens is 849 g/mol. The first kappa shape index (κ1) is 38.9. The van der Waals surface area contributed by atoms with E-state index < -0.39 is 5.41 Å². The molecule has 0 fully saturated rings. The number of rotatable bonds is 6. The van der Waals surface area contributed by atoms with Crippen LogP contribution < -0.4 is 4.90 Å². The molecule has 326 valence electrons. The SMILES string of the molecule is c1ccc(-n2c3ccccc3c3c(-c4ccc(N(c5ccc(-c6ccc7c(c6)oc6ccccc67)cc5)c5cccc6c5-c5ccccc5C65c6ccccc6-c6ccccc65)cc4)cccc32)cc1. The average molecular weight is 891 g/mol. The van der Waals surface area contributed by atoms with Gasteiger partial charge in [0.05, 0.1) is 22.1 Å². The van der Waals surface area contributed by atoms with Gasteiger partial charge >= 0.3 is 0 Å². The summed E-state index contributed by atoms with van der Waals surface area (Å²) in [5.74, 6) is 0. The van der Waals surface area contributed by atoms with Crippen LogP contribution in [0.5, 0.6) is 0 Å². The molecule has 0 amide bonds. The molecule has 3 nitrogen and oxygen atoms in total. The minimum atomic E-state index is -0.457. The monoisotopic (exact) mass is 890 g/mol. The van der Waals surface area contributed by atoms with E-state index >= 15 is 0 Å². The number of fused-ring (bicyclic) bond motifs is 16. The highest BCUT2D eigenvalue weighted by atomic mass is 16.3. The molecule has 2 aliphatic rings.